The third-order valence-electron chi connectivity index (χ3n) is 3.10. The molecule has 1 atom stereocenters. The molecule has 1 unspecified atom stereocenters. The van der Waals surface area contributed by atoms with Crippen LogP contribution in [0.4, 0.5) is 0 Å². The molecule has 0 radical (unpaired) electrons. The summed E-state index contributed by atoms with van der Waals surface area (Å²) >= 11 is 0. The van der Waals surface area contributed by atoms with E-state index in [-0.39, 0.29) is 5.89 Å². The van der Waals surface area contributed by atoms with E-state index in [2.05, 4.69) is 20.4 Å². The van der Waals surface area contributed by atoms with Gasteiger partial charge < -0.3 is 14.9 Å². The van der Waals surface area contributed by atoms with Gasteiger partial charge in [0.25, 0.3) is 5.89 Å². The molecule has 3 heterocycles. The highest BCUT2D eigenvalue weighted by atomic mass is 16.5. The van der Waals surface area contributed by atoms with Crippen molar-refractivity contribution in [1.82, 2.24) is 20.4 Å². The van der Waals surface area contributed by atoms with E-state index < -0.39 is 5.60 Å². The number of aryl methyl sites for hydroxylation is 1. The fourth-order valence-corrected chi connectivity index (χ4v) is 2.04. The largest absolute Gasteiger partial charge is 0.379 e. The first-order chi connectivity index (χ1) is 8.67. The lowest BCUT2D eigenvalue weighted by Gasteiger charge is -2.14. The number of pyridine rings is 1. The third-order valence-corrected chi connectivity index (χ3v) is 3.10. The van der Waals surface area contributed by atoms with Crippen LogP contribution in [0.15, 0.2) is 22.9 Å². The lowest BCUT2D eigenvalue weighted by molar-refractivity contribution is 0.0243. The maximum atomic E-state index is 10.3. The van der Waals surface area contributed by atoms with Crippen LogP contribution in [-0.4, -0.2) is 33.3 Å². The van der Waals surface area contributed by atoms with Gasteiger partial charge in [0.15, 0.2) is 5.60 Å². The Morgan fingerprint density at radius 3 is 3.11 bits per heavy atom. The summed E-state index contributed by atoms with van der Waals surface area (Å²) in [7, 11) is 0. The maximum Gasteiger partial charge on any atom is 0.260 e. The van der Waals surface area contributed by atoms with Crippen molar-refractivity contribution in [1.29, 1.82) is 0 Å². The molecule has 6 nitrogen and oxygen atoms in total. The van der Waals surface area contributed by atoms with Crippen LogP contribution in [0, 0.1) is 6.92 Å². The Morgan fingerprint density at radius 1 is 1.50 bits per heavy atom. The highest BCUT2D eigenvalue weighted by Gasteiger charge is 2.38. The minimum absolute atomic E-state index is 0.255. The Labute approximate surface area is 104 Å². The van der Waals surface area contributed by atoms with Gasteiger partial charge in [0.2, 0.25) is 5.82 Å². The number of β-amino-alcohol motifs (C(OH)–C–C–N with tert-alkyl or cyclic N) is 1. The molecule has 2 aromatic heterocycles. The van der Waals surface area contributed by atoms with Gasteiger partial charge in [0.05, 0.1) is 0 Å². The average Bonchev–Trinajstić information content (AvgIpc) is 2.98. The van der Waals surface area contributed by atoms with E-state index in [1.54, 1.807) is 6.20 Å². The van der Waals surface area contributed by atoms with Gasteiger partial charge in [-0.3, -0.25) is 4.98 Å². The number of aromatic nitrogens is 3. The van der Waals surface area contributed by atoms with E-state index in [0.717, 1.165) is 12.1 Å². The van der Waals surface area contributed by atoms with Crippen LogP contribution in [0.25, 0.3) is 11.5 Å². The molecule has 2 N–H and O–H groups in total. The molecule has 0 aliphatic carbocycles. The summed E-state index contributed by atoms with van der Waals surface area (Å²) in [5.41, 5.74) is 0.682. The Kier molecular flexibility index (Phi) is 2.61. The Bertz CT molecular complexity index is 561. The molecule has 1 aliphatic rings. The van der Waals surface area contributed by atoms with Crippen molar-refractivity contribution < 1.29 is 9.63 Å². The Hall–Kier alpha value is -1.79. The zero-order valence-electron chi connectivity index (χ0n) is 10.1. The van der Waals surface area contributed by atoms with Gasteiger partial charge in [0, 0.05) is 12.7 Å². The molecule has 3 rings (SSSR count). The third kappa shape index (κ3) is 1.89. The van der Waals surface area contributed by atoms with E-state index in [9.17, 15) is 5.11 Å². The molecule has 94 valence electrons. The van der Waals surface area contributed by atoms with Crippen LogP contribution < -0.4 is 5.32 Å². The number of hydrogen-bond acceptors (Lipinski definition) is 6. The van der Waals surface area contributed by atoms with Crippen LogP contribution >= 0.6 is 0 Å². The topological polar surface area (TPSA) is 84.1 Å². The predicted octanol–water partition coefficient (Wildman–Crippen LogP) is 0.621. The van der Waals surface area contributed by atoms with Crippen molar-refractivity contribution in [2.45, 2.75) is 18.9 Å². The minimum atomic E-state index is -1.05. The van der Waals surface area contributed by atoms with Crippen molar-refractivity contribution in [2.24, 2.45) is 0 Å². The van der Waals surface area contributed by atoms with Crippen LogP contribution in [0.5, 0.6) is 0 Å². The van der Waals surface area contributed by atoms with E-state index in [1.165, 1.54) is 0 Å². The Balaban J connectivity index is 1.94. The molecule has 0 spiro atoms. The van der Waals surface area contributed by atoms with Gasteiger partial charge in [-0.25, -0.2) is 0 Å². The first-order valence-corrected chi connectivity index (χ1v) is 5.88. The molecule has 0 bridgehead atoms. The summed E-state index contributed by atoms with van der Waals surface area (Å²) in [6, 6.07) is 3.78. The van der Waals surface area contributed by atoms with E-state index in [1.807, 2.05) is 19.1 Å². The van der Waals surface area contributed by atoms with E-state index >= 15 is 0 Å². The summed E-state index contributed by atoms with van der Waals surface area (Å²) in [6.45, 7) is 3.16. The first kappa shape index (κ1) is 11.3. The average molecular weight is 246 g/mol. The SMILES string of the molecule is Cc1ccnc(-c2noc(C3(O)CCNC3)n2)c1. The van der Waals surface area contributed by atoms with Crippen molar-refractivity contribution in [2.75, 3.05) is 13.1 Å². The predicted molar refractivity (Wildman–Crippen MR) is 63.6 cm³/mol. The monoisotopic (exact) mass is 246 g/mol. The molecule has 0 aromatic carbocycles. The lowest BCUT2D eigenvalue weighted by Crippen LogP contribution is -2.28. The first-order valence-electron chi connectivity index (χ1n) is 5.88. The number of nitrogens with zero attached hydrogens (tertiary/aromatic N) is 3. The zero-order chi connectivity index (χ0) is 12.6. The van der Waals surface area contributed by atoms with Crippen LogP contribution in [0.2, 0.25) is 0 Å². The van der Waals surface area contributed by atoms with Crippen molar-refractivity contribution in [3.63, 3.8) is 0 Å². The second-order valence-corrected chi connectivity index (χ2v) is 4.60. The number of hydrogen-bond donors (Lipinski definition) is 2. The zero-order valence-corrected chi connectivity index (χ0v) is 10.1. The highest BCUT2D eigenvalue weighted by Crippen LogP contribution is 2.27. The minimum Gasteiger partial charge on any atom is -0.379 e. The number of nitrogens with one attached hydrogen (secondary N) is 1. The summed E-state index contributed by atoms with van der Waals surface area (Å²) in [5.74, 6) is 0.667. The van der Waals surface area contributed by atoms with E-state index in [4.69, 9.17) is 4.52 Å². The van der Waals surface area contributed by atoms with Crippen molar-refractivity contribution >= 4 is 0 Å². The van der Waals surface area contributed by atoms with Crippen molar-refractivity contribution in [3.05, 3.63) is 29.8 Å². The molecule has 0 amide bonds. The van der Waals surface area contributed by atoms with Crippen LogP contribution in [0.3, 0.4) is 0 Å². The quantitative estimate of drug-likeness (QED) is 0.808. The van der Waals surface area contributed by atoms with Crippen LogP contribution in [-0.2, 0) is 5.60 Å². The second-order valence-electron chi connectivity index (χ2n) is 4.60. The fraction of sp³-hybridized carbons (Fsp3) is 0.417. The van der Waals surface area contributed by atoms with Gasteiger partial charge in [-0.1, -0.05) is 5.16 Å². The lowest BCUT2D eigenvalue weighted by atomic mass is 10.0. The van der Waals surface area contributed by atoms with Gasteiger partial charge in [-0.05, 0) is 37.6 Å². The normalized spacial score (nSPS) is 23.4. The van der Waals surface area contributed by atoms with Gasteiger partial charge in [-0.15, -0.1) is 0 Å². The smallest absolute Gasteiger partial charge is 0.260 e. The van der Waals surface area contributed by atoms with Gasteiger partial charge in [0.1, 0.15) is 5.69 Å². The van der Waals surface area contributed by atoms with Gasteiger partial charge in [-0.2, -0.15) is 4.98 Å². The standard InChI is InChI=1S/C12H14N4O2/c1-8-2-4-14-9(6-8)10-15-11(18-16-10)12(17)3-5-13-7-12/h2,4,6,13,17H,3,5,7H2,1H3. The molecular formula is C12H14N4O2. The van der Waals surface area contributed by atoms with Crippen molar-refractivity contribution in [3.8, 4) is 11.5 Å². The summed E-state index contributed by atoms with van der Waals surface area (Å²) in [6.07, 6.45) is 2.28. The molecule has 6 heteroatoms. The summed E-state index contributed by atoms with van der Waals surface area (Å²) < 4.78 is 5.15. The fourth-order valence-electron chi connectivity index (χ4n) is 2.04. The second kappa shape index (κ2) is 4.15. The molecule has 0 saturated carbocycles. The molecular weight excluding hydrogens is 232 g/mol. The number of aliphatic hydroxyl groups is 1. The molecule has 1 saturated heterocycles. The summed E-state index contributed by atoms with van der Waals surface area (Å²) in [4.78, 5) is 8.44. The van der Waals surface area contributed by atoms with E-state index in [0.29, 0.717) is 24.5 Å². The molecule has 18 heavy (non-hydrogen) atoms. The molecule has 2 aromatic rings. The molecule has 1 fully saturated rings. The number of rotatable bonds is 2. The van der Waals surface area contributed by atoms with Gasteiger partial charge >= 0.3 is 0 Å². The summed E-state index contributed by atoms with van der Waals surface area (Å²) in [5, 5.41) is 17.3. The highest BCUT2D eigenvalue weighted by molar-refractivity contribution is 5.49. The molecule has 1 aliphatic heterocycles. The maximum absolute atomic E-state index is 10.3. The Morgan fingerprint density at radius 2 is 2.39 bits per heavy atom. The van der Waals surface area contributed by atoms with Crippen LogP contribution in [0.1, 0.15) is 17.9 Å².